The largest absolute Gasteiger partial charge is 0.441 e. The summed E-state index contributed by atoms with van der Waals surface area (Å²) in [7, 11) is 0. The van der Waals surface area contributed by atoms with Crippen LogP contribution in [0.25, 0.3) is 33.9 Å². The Hall–Kier alpha value is -3.02. The zero-order chi connectivity index (χ0) is 15.1. The molecule has 0 spiro atoms. The number of nitrogens with zero attached hydrogens (tertiary/aromatic N) is 3. The molecule has 0 saturated carbocycles. The average Bonchev–Trinajstić information content (AvgIpc) is 3.12. The summed E-state index contributed by atoms with van der Waals surface area (Å²) < 4.78 is 23.6. The van der Waals surface area contributed by atoms with Crippen molar-refractivity contribution in [1.82, 2.24) is 15.1 Å². The number of aryl methyl sites for hydroxylation is 1. The van der Waals surface area contributed by atoms with Crippen molar-refractivity contribution in [2.24, 2.45) is 0 Å². The molecule has 0 amide bonds. The Kier molecular flexibility index (Phi) is 2.75. The Morgan fingerprint density at radius 1 is 0.955 bits per heavy atom. The molecule has 0 fully saturated rings. The highest BCUT2D eigenvalue weighted by atomic mass is 19.1. The standard InChI is InChI=1S/C16H10FN3O2/c1-9-18-13-8-11(4-7-14(13)21-9)15-19-16(22-20-15)10-2-5-12(17)6-3-10/h2-8H,1H3. The van der Waals surface area contributed by atoms with Gasteiger partial charge in [0.15, 0.2) is 11.5 Å². The Bertz CT molecular complexity index is 957. The third-order valence-corrected chi connectivity index (χ3v) is 3.27. The highest BCUT2D eigenvalue weighted by Crippen LogP contribution is 2.25. The lowest BCUT2D eigenvalue weighted by atomic mass is 10.2. The molecular formula is C16H10FN3O2. The van der Waals surface area contributed by atoms with Crippen molar-refractivity contribution in [3.05, 3.63) is 54.2 Å². The minimum Gasteiger partial charge on any atom is -0.441 e. The molecular weight excluding hydrogens is 285 g/mol. The zero-order valence-electron chi connectivity index (χ0n) is 11.6. The van der Waals surface area contributed by atoms with Gasteiger partial charge < -0.3 is 8.94 Å². The average molecular weight is 295 g/mol. The van der Waals surface area contributed by atoms with E-state index in [9.17, 15) is 4.39 Å². The van der Waals surface area contributed by atoms with Gasteiger partial charge in [-0.25, -0.2) is 9.37 Å². The quantitative estimate of drug-likeness (QED) is 0.559. The Balaban J connectivity index is 1.74. The smallest absolute Gasteiger partial charge is 0.258 e. The number of rotatable bonds is 2. The van der Waals surface area contributed by atoms with Crippen LogP contribution in [0.2, 0.25) is 0 Å². The van der Waals surface area contributed by atoms with E-state index < -0.39 is 0 Å². The second kappa shape index (κ2) is 4.77. The van der Waals surface area contributed by atoms with E-state index in [0.29, 0.717) is 28.8 Å². The number of hydrogen-bond acceptors (Lipinski definition) is 5. The van der Waals surface area contributed by atoms with Crippen LogP contribution >= 0.6 is 0 Å². The van der Waals surface area contributed by atoms with Gasteiger partial charge in [0, 0.05) is 18.1 Å². The normalized spacial score (nSPS) is 11.2. The lowest BCUT2D eigenvalue weighted by Crippen LogP contribution is -1.82. The Morgan fingerprint density at radius 2 is 1.73 bits per heavy atom. The first-order valence-corrected chi connectivity index (χ1v) is 6.66. The van der Waals surface area contributed by atoms with Crippen molar-refractivity contribution in [2.45, 2.75) is 6.92 Å². The maximum atomic E-state index is 12.9. The van der Waals surface area contributed by atoms with Crippen molar-refractivity contribution >= 4 is 11.1 Å². The molecule has 108 valence electrons. The zero-order valence-corrected chi connectivity index (χ0v) is 11.6. The van der Waals surface area contributed by atoms with E-state index in [1.165, 1.54) is 12.1 Å². The van der Waals surface area contributed by atoms with Gasteiger partial charge in [0.25, 0.3) is 5.89 Å². The molecule has 0 saturated heterocycles. The third-order valence-electron chi connectivity index (χ3n) is 3.27. The fourth-order valence-corrected chi connectivity index (χ4v) is 2.23. The molecule has 0 radical (unpaired) electrons. The molecule has 2 aromatic heterocycles. The van der Waals surface area contributed by atoms with E-state index in [-0.39, 0.29) is 5.82 Å². The van der Waals surface area contributed by atoms with Gasteiger partial charge in [-0.2, -0.15) is 4.98 Å². The molecule has 0 atom stereocenters. The monoisotopic (exact) mass is 295 g/mol. The van der Waals surface area contributed by atoms with Gasteiger partial charge in [-0.3, -0.25) is 0 Å². The highest BCUT2D eigenvalue weighted by Gasteiger charge is 2.12. The summed E-state index contributed by atoms with van der Waals surface area (Å²) >= 11 is 0. The molecule has 2 heterocycles. The number of hydrogen-bond donors (Lipinski definition) is 0. The highest BCUT2D eigenvalue weighted by molar-refractivity contribution is 5.78. The molecule has 0 N–H and O–H groups in total. The molecule has 4 aromatic rings. The molecule has 0 unspecified atom stereocenters. The van der Waals surface area contributed by atoms with Crippen LogP contribution in [0, 0.1) is 12.7 Å². The van der Waals surface area contributed by atoms with Crippen LogP contribution in [0.1, 0.15) is 5.89 Å². The molecule has 22 heavy (non-hydrogen) atoms. The molecule has 0 aliphatic heterocycles. The molecule has 4 rings (SSSR count). The minimum absolute atomic E-state index is 0.310. The second-order valence-corrected chi connectivity index (χ2v) is 4.85. The summed E-state index contributed by atoms with van der Waals surface area (Å²) in [5.74, 6) is 1.08. The van der Waals surface area contributed by atoms with Crippen molar-refractivity contribution in [3.8, 4) is 22.8 Å². The summed E-state index contributed by atoms with van der Waals surface area (Å²) in [6.07, 6.45) is 0. The molecule has 0 aliphatic rings. The number of oxazole rings is 1. The number of aromatic nitrogens is 3. The lowest BCUT2D eigenvalue weighted by Gasteiger charge is -1.93. The van der Waals surface area contributed by atoms with E-state index in [4.69, 9.17) is 8.94 Å². The van der Waals surface area contributed by atoms with Gasteiger partial charge in [-0.1, -0.05) is 5.16 Å². The summed E-state index contributed by atoms with van der Waals surface area (Å²) in [4.78, 5) is 8.61. The first-order valence-electron chi connectivity index (χ1n) is 6.66. The number of halogens is 1. The third kappa shape index (κ3) is 2.14. The fourth-order valence-electron chi connectivity index (χ4n) is 2.23. The first kappa shape index (κ1) is 12.7. The first-order chi connectivity index (χ1) is 10.7. The predicted octanol–water partition coefficient (Wildman–Crippen LogP) is 3.99. The fraction of sp³-hybridized carbons (Fsp3) is 0.0625. The maximum Gasteiger partial charge on any atom is 0.258 e. The summed E-state index contributed by atoms with van der Waals surface area (Å²) in [6.45, 7) is 1.79. The van der Waals surface area contributed by atoms with E-state index in [0.717, 1.165) is 11.1 Å². The van der Waals surface area contributed by atoms with Crippen LogP contribution in [0.4, 0.5) is 4.39 Å². The summed E-state index contributed by atoms with van der Waals surface area (Å²) in [5, 5.41) is 3.96. The van der Waals surface area contributed by atoms with Crippen LogP contribution in [0.5, 0.6) is 0 Å². The Morgan fingerprint density at radius 3 is 2.55 bits per heavy atom. The van der Waals surface area contributed by atoms with Crippen LogP contribution in [-0.4, -0.2) is 15.1 Å². The predicted molar refractivity (Wildman–Crippen MR) is 77.4 cm³/mol. The molecule has 2 aromatic carbocycles. The molecule has 5 nitrogen and oxygen atoms in total. The van der Waals surface area contributed by atoms with Crippen molar-refractivity contribution in [2.75, 3.05) is 0 Å². The van der Waals surface area contributed by atoms with Gasteiger partial charge >= 0.3 is 0 Å². The van der Waals surface area contributed by atoms with E-state index in [2.05, 4.69) is 15.1 Å². The van der Waals surface area contributed by atoms with E-state index >= 15 is 0 Å². The van der Waals surface area contributed by atoms with Crippen molar-refractivity contribution in [1.29, 1.82) is 0 Å². The summed E-state index contributed by atoms with van der Waals surface area (Å²) in [6, 6.07) is 11.4. The molecule has 6 heteroatoms. The second-order valence-electron chi connectivity index (χ2n) is 4.85. The van der Waals surface area contributed by atoms with Gasteiger partial charge in [-0.15, -0.1) is 0 Å². The van der Waals surface area contributed by atoms with Gasteiger partial charge in [0.1, 0.15) is 11.3 Å². The number of benzene rings is 2. The van der Waals surface area contributed by atoms with Crippen LogP contribution in [0.3, 0.4) is 0 Å². The topological polar surface area (TPSA) is 65.0 Å². The van der Waals surface area contributed by atoms with E-state index in [1.54, 1.807) is 19.1 Å². The summed E-state index contributed by atoms with van der Waals surface area (Å²) in [5.41, 5.74) is 2.89. The lowest BCUT2D eigenvalue weighted by molar-refractivity contribution is 0.432. The Labute approximate surface area is 124 Å². The van der Waals surface area contributed by atoms with Gasteiger partial charge in [-0.05, 0) is 42.5 Å². The van der Waals surface area contributed by atoms with Crippen LogP contribution in [-0.2, 0) is 0 Å². The van der Waals surface area contributed by atoms with Crippen LogP contribution in [0.15, 0.2) is 51.4 Å². The van der Waals surface area contributed by atoms with Crippen molar-refractivity contribution in [3.63, 3.8) is 0 Å². The SMILES string of the molecule is Cc1nc2cc(-c3noc(-c4ccc(F)cc4)n3)ccc2o1. The van der Waals surface area contributed by atoms with Crippen LogP contribution < -0.4 is 0 Å². The van der Waals surface area contributed by atoms with Crippen molar-refractivity contribution < 1.29 is 13.3 Å². The van der Waals surface area contributed by atoms with E-state index in [1.807, 2.05) is 18.2 Å². The van der Waals surface area contributed by atoms with Gasteiger partial charge in [0.2, 0.25) is 5.82 Å². The minimum atomic E-state index is -0.310. The molecule has 0 aliphatic carbocycles. The molecule has 0 bridgehead atoms. The van der Waals surface area contributed by atoms with Gasteiger partial charge in [0.05, 0.1) is 0 Å². The maximum absolute atomic E-state index is 12.9. The number of fused-ring (bicyclic) bond motifs is 1.